The van der Waals surface area contributed by atoms with Crippen molar-refractivity contribution in [2.75, 3.05) is 64.3 Å². The highest BCUT2D eigenvalue weighted by molar-refractivity contribution is 5.80. The van der Waals surface area contributed by atoms with Crippen LogP contribution in [0.1, 0.15) is 26.7 Å². The number of anilines is 1. The van der Waals surface area contributed by atoms with Crippen LogP contribution in [-0.4, -0.2) is 75.2 Å². The van der Waals surface area contributed by atoms with Crippen molar-refractivity contribution in [3.8, 4) is 0 Å². The van der Waals surface area contributed by atoms with E-state index < -0.39 is 5.82 Å². The van der Waals surface area contributed by atoms with Gasteiger partial charge in [-0.25, -0.2) is 8.78 Å². The van der Waals surface area contributed by atoms with E-state index in [1.807, 2.05) is 4.90 Å². The second kappa shape index (κ2) is 11.1. The van der Waals surface area contributed by atoms with Crippen molar-refractivity contribution >= 4 is 11.6 Å². The Morgan fingerprint density at radius 3 is 2.44 bits per heavy atom. The largest absolute Gasteiger partial charge is 0.366 e. The van der Waals surface area contributed by atoms with E-state index in [9.17, 15) is 8.78 Å². The van der Waals surface area contributed by atoms with E-state index in [1.54, 1.807) is 7.05 Å². The Bertz CT molecular complexity index is 596. The van der Waals surface area contributed by atoms with Gasteiger partial charge in [-0.05, 0) is 44.6 Å². The molecule has 7 heteroatoms. The van der Waals surface area contributed by atoms with Crippen LogP contribution in [0.3, 0.4) is 0 Å². The lowest BCUT2D eigenvalue weighted by Gasteiger charge is -2.37. The number of hydrogen-bond donors (Lipinski definition) is 1. The first kappa shape index (κ1) is 21.4. The predicted octanol–water partition coefficient (Wildman–Crippen LogP) is 2.78. The third-order valence-electron chi connectivity index (χ3n) is 5.12. The summed E-state index contributed by atoms with van der Waals surface area (Å²) >= 11 is 0. The maximum atomic E-state index is 14.0. The van der Waals surface area contributed by atoms with Crippen LogP contribution in [0, 0.1) is 11.6 Å². The SMILES string of the molecule is CCN(CC)CCCCNC(=NC)N1CCN(c2cc(F)ccc2F)CC1. The monoisotopic (exact) mass is 381 g/mol. The van der Waals surface area contributed by atoms with Crippen molar-refractivity contribution in [2.24, 2.45) is 4.99 Å². The van der Waals surface area contributed by atoms with E-state index in [4.69, 9.17) is 0 Å². The second-order valence-electron chi connectivity index (χ2n) is 6.78. The minimum Gasteiger partial charge on any atom is -0.366 e. The van der Waals surface area contributed by atoms with Crippen molar-refractivity contribution in [3.05, 3.63) is 29.8 Å². The van der Waals surface area contributed by atoms with Gasteiger partial charge in [-0.1, -0.05) is 13.8 Å². The number of nitrogens with one attached hydrogen (secondary N) is 1. The van der Waals surface area contributed by atoms with E-state index in [1.165, 1.54) is 12.1 Å². The Hall–Kier alpha value is -1.89. The number of benzene rings is 1. The summed E-state index contributed by atoms with van der Waals surface area (Å²) in [6, 6.07) is 3.62. The van der Waals surface area contributed by atoms with Gasteiger partial charge in [0, 0.05) is 45.8 Å². The summed E-state index contributed by atoms with van der Waals surface area (Å²) < 4.78 is 27.4. The number of nitrogens with zero attached hydrogens (tertiary/aromatic N) is 4. The quantitative estimate of drug-likeness (QED) is 0.427. The lowest BCUT2D eigenvalue weighted by molar-refractivity contribution is 0.296. The van der Waals surface area contributed by atoms with Crippen LogP contribution < -0.4 is 10.2 Å². The molecule has 0 atom stereocenters. The molecule has 1 saturated heterocycles. The Kier molecular flexibility index (Phi) is 8.78. The summed E-state index contributed by atoms with van der Waals surface area (Å²) in [5.41, 5.74) is 0.342. The Morgan fingerprint density at radius 2 is 1.81 bits per heavy atom. The summed E-state index contributed by atoms with van der Waals surface area (Å²) in [5.74, 6) is 0.105. The standard InChI is InChI=1S/C20H33F2N5/c1-4-25(5-2)11-7-6-10-24-20(23-3)27-14-12-26(13-15-27)19-16-17(21)8-9-18(19)22/h8-9,16H,4-7,10-15H2,1-3H3,(H,23,24). The first-order valence-corrected chi connectivity index (χ1v) is 9.97. The third kappa shape index (κ3) is 6.34. The molecule has 1 heterocycles. The van der Waals surface area contributed by atoms with Crippen LogP contribution in [0.15, 0.2) is 23.2 Å². The Morgan fingerprint density at radius 1 is 1.11 bits per heavy atom. The summed E-state index contributed by atoms with van der Waals surface area (Å²) in [6.45, 7) is 11.4. The molecule has 0 amide bonds. The van der Waals surface area contributed by atoms with Crippen molar-refractivity contribution in [1.82, 2.24) is 15.1 Å². The average Bonchev–Trinajstić information content (AvgIpc) is 2.70. The smallest absolute Gasteiger partial charge is 0.193 e. The molecule has 1 aliphatic heterocycles. The fourth-order valence-corrected chi connectivity index (χ4v) is 3.42. The first-order valence-electron chi connectivity index (χ1n) is 9.97. The molecule has 1 aromatic carbocycles. The topological polar surface area (TPSA) is 34.1 Å². The van der Waals surface area contributed by atoms with Crippen LogP contribution in [0.4, 0.5) is 14.5 Å². The predicted molar refractivity (Wildman–Crippen MR) is 109 cm³/mol. The third-order valence-corrected chi connectivity index (χ3v) is 5.12. The van der Waals surface area contributed by atoms with E-state index >= 15 is 0 Å². The highest BCUT2D eigenvalue weighted by Crippen LogP contribution is 2.21. The molecule has 152 valence electrons. The van der Waals surface area contributed by atoms with Gasteiger partial charge in [0.15, 0.2) is 5.96 Å². The van der Waals surface area contributed by atoms with Crippen molar-refractivity contribution in [2.45, 2.75) is 26.7 Å². The first-order chi connectivity index (χ1) is 13.1. The van der Waals surface area contributed by atoms with E-state index in [-0.39, 0.29) is 5.82 Å². The van der Waals surface area contributed by atoms with Crippen LogP contribution >= 0.6 is 0 Å². The molecule has 2 rings (SSSR count). The molecule has 1 aromatic rings. The zero-order valence-electron chi connectivity index (χ0n) is 16.8. The van der Waals surface area contributed by atoms with Gasteiger partial charge in [0.25, 0.3) is 0 Å². The second-order valence-corrected chi connectivity index (χ2v) is 6.78. The molecule has 0 saturated carbocycles. The molecule has 0 bridgehead atoms. The zero-order chi connectivity index (χ0) is 19.6. The van der Waals surface area contributed by atoms with Gasteiger partial charge < -0.3 is 20.0 Å². The van der Waals surface area contributed by atoms with Crippen LogP contribution in [0.25, 0.3) is 0 Å². The maximum Gasteiger partial charge on any atom is 0.193 e. The van der Waals surface area contributed by atoms with Gasteiger partial charge in [-0.15, -0.1) is 0 Å². The van der Waals surface area contributed by atoms with Crippen LogP contribution in [-0.2, 0) is 0 Å². The van der Waals surface area contributed by atoms with Gasteiger partial charge in [-0.3, -0.25) is 4.99 Å². The molecule has 27 heavy (non-hydrogen) atoms. The minimum atomic E-state index is -0.406. The average molecular weight is 382 g/mol. The summed E-state index contributed by atoms with van der Waals surface area (Å²) in [5, 5.41) is 3.43. The number of guanidine groups is 1. The van der Waals surface area contributed by atoms with Gasteiger partial charge in [0.2, 0.25) is 0 Å². The number of rotatable bonds is 8. The molecule has 1 N–H and O–H groups in total. The molecule has 0 unspecified atom stereocenters. The van der Waals surface area contributed by atoms with Gasteiger partial charge in [-0.2, -0.15) is 0 Å². The minimum absolute atomic E-state index is 0.342. The summed E-state index contributed by atoms with van der Waals surface area (Å²) in [7, 11) is 1.79. The lowest BCUT2D eigenvalue weighted by Crippen LogP contribution is -2.52. The van der Waals surface area contributed by atoms with Crippen LogP contribution in [0.2, 0.25) is 0 Å². The highest BCUT2D eigenvalue weighted by Gasteiger charge is 2.21. The number of hydrogen-bond acceptors (Lipinski definition) is 3. The van der Waals surface area contributed by atoms with Crippen LogP contribution in [0.5, 0.6) is 0 Å². The van der Waals surface area contributed by atoms with Gasteiger partial charge in [0.05, 0.1) is 5.69 Å². The van der Waals surface area contributed by atoms with E-state index in [2.05, 4.69) is 34.0 Å². The highest BCUT2D eigenvalue weighted by atomic mass is 19.1. The molecule has 5 nitrogen and oxygen atoms in total. The molecular formula is C20H33F2N5. The van der Waals surface area contributed by atoms with E-state index in [0.29, 0.717) is 18.8 Å². The molecule has 0 radical (unpaired) electrons. The van der Waals surface area contributed by atoms with Crippen molar-refractivity contribution < 1.29 is 8.78 Å². The number of aliphatic imine (C=N–C) groups is 1. The fraction of sp³-hybridized carbons (Fsp3) is 0.650. The number of piperazine rings is 1. The normalized spacial score (nSPS) is 15.6. The maximum absolute atomic E-state index is 14.0. The molecule has 1 fully saturated rings. The van der Waals surface area contributed by atoms with Crippen molar-refractivity contribution in [3.63, 3.8) is 0 Å². The summed E-state index contributed by atoms with van der Waals surface area (Å²) in [6.07, 6.45) is 2.27. The number of unbranched alkanes of at least 4 members (excludes halogenated alkanes) is 1. The molecule has 0 spiro atoms. The molecule has 0 aromatic heterocycles. The van der Waals surface area contributed by atoms with E-state index in [0.717, 1.165) is 64.1 Å². The fourth-order valence-electron chi connectivity index (χ4n) is 3.42. The number of halogens is 2. The molecular weight excluding hydrogens is 348 g/mol. The molecule has 0 aliphatic carbocycles. The van der Waals surface area contributed by atoms with Crippen molar-refractivity contribution in [1.29, 1.82) is 0 Å². The molecule has 1 aliphatic rings. The summed E-state index contributed by atoms with van der Waals surface area (Å²) in [4.78, 5) is 10.9. The van der Waals surface area contributed by atoms with Gasteiger partial charge in [0.1, 0.15) is 11.6 Å². The Labute approximate surface area is 162 Å². The zero-order valence-corrected chi connectivity index (χ0v) is 16.8. The lowest BCUT2D eigenvalue weighted by atomic mass is 10.2. The Balaban J connectivity index is 1.76. The van der Waals surface area contributed by atoms with Gasteiger partial charge >= 0.3 is 0 Å².